The highest BCUT2D eigenvalue weighted by atomic mass is 32.2. The molecule has 13 heavy (non-hydrogen) atoms. The summed E-state index contributed by atoms with van der Waals surface area (Å²) in [5.41, 5.74) is 5.95. The highest BCUT2D eigenvalue weighted by Crippen LogP contribution is 2.25. The molecule has 1 heterocycles. The summed E-state index contributed by atoms with van der Waals surface area (Å²) in [6, 6.07) is 0.397. The third-order valence-electron chi connectivity index (χ3n) is 2.27. The Morgan fingerprint density at radius 1 is 1.38 bits per heavy atom. The van der Waals surface area contributed by atoms with Crippen LogP contribution in [0.5, 0.6) is 0 Å². The largest absolute Gasteiger partial charge is 0.376 e. The molecule has 0 amide bonds. The Morgan fingerprint density at radius 3 is 2.54 bits per heavy atom. The molecular formula is C10H21NOS. The number of hydrogen-bond donors (Lipinski definition) is 1. The summed E-state index contributed by atoms with van der Waals surface area (Å²) in [5.74, 6) is 3.02. The minimum atomic E-state index is -0.00412. The topological polar surface area (TPSA) is 35.2 Å². The van der Waals surface area contributed by atoms with E-state index in [9.17, 15) is 0 Å². The van der Waals surface area contributed by atoms with Crippen molar-refractivity contribution < 1.29 is 4.74 Å². The first-order chi connectivity index (χ1) is 5.99. The Bertz CT molecular complexity index is 155. The number of nitrogens with two attached hydrogens (primary N) is 1. The van der Waals surface area contributed by atoms with E-state index >= 15 is 0 Å². The summed E-state index contributed by atoms with van der Waals surface area (Å²) < 4.78 is 5.67. The third-order valence-corrected chi connectivity index (χ3v) is 3.56. The average Bonchev–Trinajstić information content (AvgIpc) is 2.34. The zero-order chi connectivity index (χ0) is 9.90. The fraction of sp³-hybridized carbons (Fsp3) is 1.00. The van der Waals surface area contributed by atoms with Gasteiger partial charge in [0.05, 0.1) is 5.60 Å². The molecule has 0 aromatic carbocycles. The monoisotopic (exact) mass is 203 g/mol. The van der Waals surface area contributed by atoms with Crippen LogP contribution in [0.2, 0.25) is 0 Å². The summed E-state index contributed by atoms with van der Waals surface area (Å²) in [6.07, 6.45) is 1.12. The van der Waals surface area contributed by atoms with Gasteiger partial charge in [-0.3, -0.25) is 0 Å². The summed E-state index contributed by atoms with van der Waals surface area (Å²) in [7, 11) is 0. The van der Waals surface area contributed by atoms with E-state index in [2.05, 4.69) is 20.8 Å². The number of rotatable bonds is 3. The lowest BCUT2D eigenvalue weighted by Crippen LogP contribution is -2.30. The van der Waals surface area contributed by atoms with Crippen molar-refractivity contribution in [1.82, 2.24) is 0 Å². The van der Waals surface area contributed by atoms with Gasteiger partial charge in [-0.15, -0.1) is 0 Å². The van der Waals surface area contributed by atoms with E-state index in [0.29, 0.717) is 12.0 Å². The lowest BCUT2D eigenvalue weighted by Gasteiger charge is -2.21. The molecule has 78 valence electrons. The molecule has 1 aliphatic rings. The first-order valence-electron chi connectivity index (χ1n) is 4.96. The van der Waals surface area contributed by atoms with Crippen LogP contribution in [0, 0.1) is 5.92 Å². The number of ether oxygens (including phenoxy) is 1. The van der Waals surface area contributed by atoms with Gasteiger partial charge in [0.25, 0.3) is 0 Å². The highest BCUT2D eigenvalue weighted by Gasteiger charge is 2.24. The maximum Gasteiger partial charge on any atom is 0.0598 e. The van der Waals surface area contributed by atoms with Gasteiger partial charge in [-0.25, -0.2) is 0 Å². The molecule has 2 unspecified atom stereocenters. The van der Waals surface area contributed by atoms with Gasteiger partial charge in [-0.05, 0) is 38.9 Å². The Kier molecular flexibility index (Phi) is 4.07. The van der Waals surface area contributed by atoms with Crippen LogP contribution < -0.4 is 5.73 Å². The molecule has 0 bridgehead atoms. The molecule has 1 fully saturated rings. The van der Waals surface area contributed by atoms with Gasteiger partial charge in [0, 0.05) is 18.4 Å². The molecule has 2 nitrogen and oxygen atoms in total. The van der Waals surface area contributed by atoms with Crippen molar-refractivity contribution in [2.45, 2.75) is 38.8 Å². The SMILES string of the molecule is CC(C)(C)OCCC1CSCC1N. The van der Waals surface area contributed by atoms with E-state index in [0.717, 1.165) is 18.8 Å². The number of hydrogen-bond acceptors (Lipinski definition) is 3. The maximum absolute atomic E-state index is 5.95. The molecular weight excluding hydrogens is 182 g/mol. The van der Waals surface area contributed by atoms with E-state index in [4.69, 9.17) is 10.5 Å². The van der Waals surface area contributed by atoms with Crippen LogP contribution in [0.15, 0.2) is 0 Å². The van der Waals surface area contributed by atoms with E-state index in [1.807, 2.05) is 11.8 Å². The summed E-state index contributed by atoms with van der Waals surface area (Å²) in [6.45, 7) is 7.13. The van der Waals surface area contributed by atoms with Crippen LogP contribution in [0.25, 0.3) is 0 Å². The molecule has 2 atom stereocenters. The zero-order valence-electron chi connectivity index (χ0n) is 8.88. The Hall–Kier alpha value is 0.270. The van der Waals surface area contributed by atoms with Gasteiger partial charge >= 0.3 is 0 Å². The standard InChI is InChI=1S/C10H21NOS/c1-10(2,3)12-5-4-8-6-13-7-9(8)11/h8-9H,4-7,11H2,1-3H3. The zero-order valence-corrected chi connectivity index (χ0v) is 9.69. The summed E-state index contributed by atoms with van der Waals surface area (Å²) in [5, 5.41) is 0. The van der Waals surface area contributed by atoms with Gasteiger partial charge in [0.2, 0.25) is 0 Å². The molecule has 1 rings (SSSR count). The van der Waals surface area contributed by atoms with Crippen LogP contribution in [-0.4, -0.2) is 29.8 Å². The first-order valence-corrected chi connectivity index (χ1v) is 6.12. The smallest absolute Gasteiger partial charge is 0.0598 e. The summed E-state index contributed by atoms with van der Waals surface area (Å²) >= 11 is 1.97. The molecule has 3 heteroatoms. The Balaban J connectivity index is 2.12. The Morgan fingerprint density at radius 2 is 2.08 bits per heavy atom. The lowest BCUT2D eigenvalue weighted by molar-refractivity contribution is -0.00878. The molecule has 0 radical (unpaired) electrons. The third kappa shape index (κ3) is 4.34. The van der Waals surface area contributed by atoms with Crippen molar-refractivity contribution in [3.8, 4) is 0 Å². The van der Waals surface area contributed by atoms with Gasteiger partial charge in [-0.1, -0.05) is 0 Å². The predicted molar refractivity (Wildman–Crippen MR) is 59.1 cm³/mol. The van der Waals surface area contributed by atoms with Crippen molar-refractivity contribution in [2.24, 2.45) is 11.7 Å². The van der Waals surface area contributed by atoms with Crippen molar-refractivity contribution in [1.29, 1.82) is 0 Å². The van der Waals surface area contributed by atoms with Gasteiger partial charge in [-0.2, -0.15) is 11.8 Å². The van der Waals surface area contributed by atoms with Crippen molar-refractivity contribution in [3.63, 3.8) is 0 Å². The van der Waals surface area contributed by atoms with Crippen LogP contribution in [-0.2, 0) is 4.74 Å². The highest BCUT2D eigenvalue weighted by molar-refractivity contribution is 7.99. The minimum absolute atomic E-state index is 0.00412. The normalized spacial score (nSPS) is 29.5. The molecule has 0 spiro atoms. The fourth-order valence-electron chi connectivity index (χ4n) is 1.43. The van der Waals surface area contributed by atoms with Crippen molar-refractivity contribution in [2.75, 3.05) is 18.1 Å². The average molecular weight is 203 g/mol. The molecule has 2 N–H and O–H groups in total. The van der Waals surface area contributed by atoms with E-state index in [1.165, 1.54) is 5.75 Å². The Labute approximate surface area is 85.6 Å². The second kappa shape index (κ2) is 4.67. The first kappa shape index (κ1) is 11.3. The van der Waals surface area contributed by atoms with E-state index < -0.39 is 0 Å². The molecule has 0 saturated carbocycles. The van der Waals surface area contributed by atoms with Crippen LogP contribution in [0.3, 0.4) is 0 Å². The molecule has 0 aromatic rings. The van der Waals surface area contributed by atoms with Crippen molar-refractivity contribution in [3.05, 3.63) is 0 Å². The second-order valence-corrected chi connectivity index (χ2v) is 5.79. The van der Waals surface area contributed by atoms with E-state index in [1.54, 1.807) is 0 Å². The minimum Gasteiger partial charge on any atom is -0.376 e. The van der Waals surface area contributed by atoms with Gasteiger partial charge in [0.15, 0.2) is 0 Å². The van der Waals surface area contributed by atoms with Crippen LogP contribution in [0.4, 0.5) is 0 Å². The second-order valence-electron chi connectivity index (χ2n) is 4.71. The van der Waals surface area contributed by atoms with Gasteiger partial charge < -0.3 is 10.5 Å². The van der Waals surface area contributed by atoms with E-state index in [-0.39, 0.29) is 5.60 Å². The van der Waals surface area contributed by atoms with Crippen molar-refractivity contribution >= 4 is 11.8 Å². The molecule has 0 aliphatic carbocycles. The molecule has 1 saturated heterocycles. The van der Waals surface area contributed by atoms with Crippen LogP contribution >= 0.6 is 11.8 Å². The van der Waals surface area contributed by atoms with Gasteiger partial charge in [0.1, 0.15) is 0 Å². The fourth-order valence-corrected chi connectivity index (χ4v) is 2.83. The summed E-state index contributed by atoms with van der Waals surface area (Å²) in [4.78, 5) is 0. The van der Waals surface area contributed by atoms with Crippen LogP contribution in [0.1, 0.15) is 27.2 Å². The number of thioether (sulfide) groups is 1. The maximum atomic E-state index is 5.95. The lowest BCUT2D eigenvalue weighted by atomic mass is 10.0. The quantitative estimate of drug-likeness (QED) is 0.760. The predicted octanol–water partition coefficient (Wildman–Crippen LogP) is 1.88. The molecule has 1 aliphatic heterocycles. The molecule has 0 aromatic heterocycles.